The fourth-order valence-corrected chi connectivity index (χ4v) is 2.14. The van der Waals surface area contributed by atoms with Gasteiger partial charge in [-0.05, 0) is 37.9 Å². The van der Waals surface area contributed by atoms with E-state index in [1.54, 1.807) is 0 Å². The predicted molar refractivity (Wildman–Crippen MR) is 63.3 cm³/mol. The minimum absolute atomic E-state index is 0.131. The maximum absolute atomic E-state index is 11.6. The lowest BCUT2D eigenvalue weighted by Gasteiger charge is -2.23. The zero-order chi connectivity index (χ0) is 12.3. The van der Waals surface area contributed by atoms with E-state index in [1.807, 2.05) is 0 Å². The van der Waals surface area contributed by atoms with Gasteiger partial charge in [-0.1, -0.05) is 0 Å². The molecule has 0 saturated carbocycles. The Morgan fingerprint density at radius 3 is 2.76 bits per heavy atom. The standard InChI is InChI=1S/C12H16N2O3/c15-11-2-1-10(12(16)17)8-14(11)7-9-3-5-13-6-4-9/h1-2,8-9,13H,3-7H2,(H,16,17). The number of piperidine rings is 1. The van der Waals surface area contributed by atoms with Crippen LogP contribution >= 0.6 is 0 Å². The highest BCUT2D eigenvalue weighted by Crippen LogP contribution is 2.13. The molecule has 0 atom stereocenters. The van der Waals surface area contributed by atoms with Crippen LogP contribution in [0.2, 0.25) is 0 Å². The quantitative estimate of drug-likeness (QED) is 0.803. The van der Waals surface area contributed by atoms with Crippen molar-refractivity contribution in [1.82, 2.24) is 9.88 Å². The molecule has 1 aliphatic heterocycles. The topological polar surface area (TPSA) is 71.3 Å². The third-order valence-electron chi connectivity index (χ3n) is 3.14. The normalized spacial score (nSPS) is 16.9. The third kappa shape index (κ3) is 2.94. The number of aromatic carboxylic acids is 1. The molecule has 0 amide bonds. The van der Waals surface area contributed by atoms with Crippen LogP contribution in [0.1, 0.15) is 23.2 Å². The predicted octanol–water partition coefficient (Wildman–Crippen LogP) is 0.546. The lowest BCUT2D eigenvalue weighted by Crippen LogP contribution is -2.32. The second-order valence-electron chi connectivity index (χ2n) is 4.41. The van der Waals surface area contributed by atoms with E-state index in [9.17, 15) is 9.59 Å². The zero-order valence-corrected chi connectivity index (χ0v) is 9.56. The van der Waals surface area contributed by atoms with Crippen molar-refractivity contribution in [3.63, 3.8) is 0 Å². The zero-order valence-electron chi connectivity index (χ0n) is 9.56. The first kappa shape index (κ1) is 11.9. The Balaban J connectivity index is 2.16. The van der Waals surface area contributed by atoms with Crippen LogP contribution in [-0.2, 0) is 6.54 Å². The monoisotopic (exact) mass is 236 g/mol. The van der Waals surface area contributed by atoms with Crippen molar-refractivity contribution in [2.75, 3.05) is 13.1 Å². The van der Waals surface area contributed by atoms with Crippen molar-refractivity contribution in [2.45, 2.75) is 19.4 Å². The second kappa shape index (κ2) is 5.14. The number of pyridine rings is 1. The van der Waals surface area contributed by atoms with Crippen LogP contribution in [0, 0.1) is 5.92 Å². The molecule has 0 aromatic carbocycles. The maximum Gasteiger partial charge on any atom is 0.337 e. The highest BCUT2D eigenvalue weighted by molar-refractivity contribution is 5.87. The molecule has 92 valence electrons. The van der Waals surface area contributed by atoms with Crippen LogP contribution in [0.5, 0.6) is 0 Å². The van der Waals surface area contributed by atoms with Crippen molar-refractivity contribution in [3.05, 3.63) is 34.2 Å². The van der Waals surface area contributed by atoms with E-state index in [0.717, 1.165) is 25.9 Å². The summed E-state index contributed by atoms with van der Waals surface area (Å²) in [5.41, 5.74) is 0.0343. The largest absolute Gasteiger partial charge is 0.478 e. The van der Waals surface area contributed by atoms with Gasteiger partial charge in [0.15, 0.2) is 0 Å². The molecule has 2 rings (SSSR count). The lowest BCUT2D eigenvalue weighted by atomic mass is 9.98. The number of hydrogen-bond acceptors (Lipinski definition) is 3. The molecule has 0 radical (unpaired) electrons. The first-order valence-electron chi connectivity index (χ1n) is 5.81. The van der Waals surface area contributed by atoms with Crippen molar-refractivity contribution < 1.29 is 9.90 Å². The molecule has 2 N–H and O–H groups in total. The molecule has 5 heteroatoms. The molecule has 2 heterocycles. The van der Waals surface area contributed by atoms with E-state index in [4.69, 9.17) is 5.11 Å². The summed E-state index contributed by atoms with van der Waals surface area (Å²) in [6.07, 6.45) is 3.50. The number of rotatable bonds is 3. The van der Waals surface area contributed by atoms with Gasteiger partial charge in [0.2, 0.25) is 0 Å². The lowest BCUT2D eigenvalue weighted by molar-refractivity contribution is 0.0695. The Bertz CT molecular complexity index is 461. The van der Waals surface area contributed by atoms with Gasteiger partial charge in [0, 0.05) is 18.8 Å². The summed E-state index contributed by atoms with van der Waals surface area (Å²) < 4.78 is 1.51. The first-order valence-corrected chi connectivity index (χ1v) is 5.81. The summed E-state index contributed by atoms with van der Waals surface area (Å²) in [4.78, 5) is 22.5. The highest BCUT2D eigenvalue weighted by atomic mass is 16.4. The molecule has 5 nitrogen and oxygen atoms in total. The molecule has 1 aliphatic rings. The summed E-state index contributed by atoms with van der Waals surface area (Å²) >= 11 is 0. The van der Waals surface area contributed by atoms with Gasteiger partial charge in [-0.2, -0.15) is 0 Å². The molecule has 1 saturated heterocycles. The van der Waals surface area contributed by atoms with Gasteiger partial charge < -0.3 is 15.0 Å². The van der Waals surface area contributed by atoms with Crippen molar-refractivity contribution >= 4 is 5.97 Å². The fourth-order valence-electron chi connectivity index (χ4n) is 2.14. The minimum atomic E-state index is -0.996. The van der Waals surface area contributed by atoms with Crippen molar-refractivity contribution in [3.8, 4) is 0 Å². The third-order valence-corrected chi connectivity index (χ3v) is 3.14. The average Bonchev–Trinajstić information content (AvgIpc) is 2.33. The number of carboxylic acid groups (broad SMARTS) is 1. The Hall–Kier alpha value is -1.62. The Kier molecular flexibility index (Phi) is 3.58. The van der Waals surface area contributed by atoms with Gasteiger partial charge in [0.25, 0.3) is 5.56 Å². The Labute approximate surface area is 99.1 Å². The van der Waals surface area contributed by atoms with Crippen LogP contribution in [0.3, 0.4) is 0 Å². The maximum atomic E-state index is 11.6. The molecule has 0 aliphatic carbocycles. The van der Waals surface area contributed by atoms with Crippen LogP contribution in [-0.4, -0.2) is 28.7 Å². The van der Waals surface area contributed by atoms with E-state index in [1.165, 1.54) is 22.9 Å². The summed E-state index contributed by atoms with van der Waals surface area (Å²) in [6.45, 7) is 2.55. The number of hydrogen-bond donors (Lipinski definition) is 2. The molecule has 0 spiro atoms. The fraction of sp³-hybridized carbons (Fsp3) is 0.500. The smallest absolute Gasteiger partial charge is 0.337 e. The molecule has 0 unspecified atom stereocenters. The van der Waals surface area contributed by atoms with Crippen LogP contribution in [0.15, 0.2) is 23.1 Å². The molecule has 0 bridgehead atoms. The summed E-state index contributed by atoms with van der Waals surface area (Å²) in [5, 5.41) is 12.1. The molecule has 1 aromatic rings. The van der Waals surface area contributed by atoms with E-state index < -0.39 is 5.97 Å². The Morgan fingerprint density at radius 2 is 2.12 bits per heavy atom. The summed E-state index contributed by atoms with van der Waals surface area (Å²) in [5.74, 6) is -0.540. The average molecular weight is 236 g/mol. The van der Waals surface area contributed by atoms with Gasteiger partial charge in [0.1, 0.15) is 0 Å². The van der Waals surface area contributed by atoms with E-state index in [0.29, 0.717) is 12.5 Å². The van der Waals surface area contributed by atoms with Crippen molar-refractivity contribution in [1.29, 1.82) is 0 Å². The molecule has 17 heavy (non-hydrogen) atoms. The van der Waals surface area contributed by atoms with E-state index in [-0.39, 0.29) is 11.1 Å². The molecular weight excluding hydrogens is 220 g/mol. The summed E-state index contributed by atoms with van der Waals surface area (Å²) in [6, 6.07) is 2.67. The van der Waals surface area contributed by atoms with Crippen molar-refractivity contribution in [2.24, 2.45) is 5.92 Å². The van der Waals surface area contributed by atoms with E-state index in [2.05, 4.69) is 5.32 Å². The molecule has 1 aromatic heterocycles. The molecule has 1 fully saturated rings. The number of aromatic nitrogens is 1. The van der Waals surface area contributed by atoms with Gasteiger partial charge in [0.05, 0.1) is 5.56 Å². The number of nitrogens with one attached hydrogen (secondary N) is 1. The van der Waals surface area contributed by atoms with Gasteiger partial charge in [-0.3, -0.25) is 4.79 Å². The van der Waals surface area contributed by atoms with Crippen LogP contribution < -0.4 is 10.9 Å². The SMILES string of the molecule is O=C(O)c1ccc(=O)n(CC2CCNCC2)c1. The highest BCUT2D eigenvalue weighted by Gasteiger charge is 2.14. The van der Waals surface area contributed by atoms with E-state index >= 15 is 0 Å². The number of carbonyl (C=O) groups is 1. The number of nitrogens with zero attached hydrogens (tertiary/aromatic N) is 1. The van der Waals surface area contributed by atoms with Gasteiger partial charge >= 0.3 is 5.97 Å². The second-order valence-corrected chi connectivity index (χ2v) is 4.41. The van der Waals surface area contributed by atoms with Gasteiger partial charge in [-0.25, -0.2) is 4.79 Å². The van der Waals surface area contributed by atoms with Gasteiger partial charge in [-0.15, -0.1) is 0 Å². The van der Waals surface area contributed by atoms with Crippen LogP contribution in [0.25, 0.3) is 0 Å². The molecular formula is C12H16N2O3. The number of carboxylic acids is 1. The Morgan fingerprint density at radius 1 is 1.41 bits per heavy atom. The minimum Gasteiger partial charge on any atom is -0.478 e. The first-order chi connectivity index (χ1) is 8.16. The summed E-state index contributed by atoms with van der Waals surface area (Å²) in [7, 11) is 0. The van der Waals surface area contributed by atoms with Crippen LogP contribution in [0.4, 0.5) is 0 Å².